The largest absolute Gasteiger partial charge is 0.493 e. The fraction of sp³-hybridized carbons (Fsp3) is 0.485. The summed E-state index contributed by atoms with van der Waals surface area (Å²) in [6.45, 7) is 0.199. The summed E-state index contributed by atoms with van der Waals surface area (Å²) in [6.07, 6.45) is -6.99. The lowest BCUT2D eigenvalue weighted by molar-refractivity contribution is -0.368. The van der Waals surface area contributed by atoms with Crippen molar-refractivity contribution < 1.29 is 62.4 Å². The molecule has 0 amide bonds. The fourth-order valence-electron chi connectivity index (χ4n) is 7.23. The lowest BCUT2D eigenvalue weighted by Crippen LogP contribution is -2.62. The molecule has 3 saturated heterocycles. The van der Waals surface area contributed by atoms with E-state index in [1.807, 2.05) is 29.6 Å². The molecule has 2 aromatic carbocycles. The van der Waals surface area contributed by atoms with Crippen LogP contribution in [0.25, 0.3) is 11.1 Å². The van der Waals surface area contributed by atoms with Gasteiger partial charge in [-0.05, 0) is 52.8 Å². The lowest BCUT2D eigenvalue weighted by atomic mass is 9.76. The van der Waals surface area contributed by atoms with Gasteiger partial charge in [-0.2, -0.15) is 0 Å². The average Bonchev–Trinajstić information content (AvgIpc) is 3.86. The van der Waals surface area contributed by atoms with E-state index in [1.54, 1.807) is 6.07 Å². The van der Waals surface area contributed by atoms with Crippen LogP contribution in [0.15, 0.2) is 35.7 Å². The van der Waals surface area contributed by atoms with E-state index in [2.05, 4.69) is 0 Å². The van der Waals surface area contributed by atoms with E-state index in [0.29, 0.717) is 45.4 Å². The summed E-state index contributed by atoms with van der Waals surface area (Å²) < 4.78 is 59.4. The lowest BCUT2D eigenvalue weighted by Gasteiger charge is -2.47. The molecule has 3 fully saturated rings. The van der Waals surface area contributed by atoms with E-state index in [1.165, 1.54) is 32.7 Å². The summed E-state index contributed by atoms with van der Waals surface area (Å²) in [4.78, 5) is 14.2. The van der Waals surface area contributed by atoms with Crippen LogP contribution in [-0.4, -0.2) is 88.2 Å². The number of ether oxygens (including phenoxy) is 10. The van der Waals surface area contributed by atoms with Crippen LogP contribution in [0.3, 0.4) is 0 Å². The van der Waals surface area contributed by atoms with Crippen LogP contribution in [0.4, 0.5) is 0 Å². The molecule has 5 aliphatic rings. The number of aliphatic hydroxyl groups excluding tert-OH is 2. The summed E-state index contributed by atoms with van der Waals surface area (Å²) in [5, 5.41) is 24.6. The molecule has 9 atom stereocenters. The molecular formula is C33H34O13S. The number of hydrogen-bond acceptors (Lipinski definition) is 14. The van der Waals surface area contributed by atoms with Crippen molar-refractivity contribution in [3.05, 3.63) is 51.7 Å². The van der Waals surface area contributed by atoms with Gasteiger partial charge in [0.2, 0.25) is 12.5 Å². The molecule has 2 N–H and O–H groups in total. The van der Waals surface area contributed by atoms with Crippen LogP contribution >= 0.6 is 11.3 Å². The van der Waals surface area contributed by atoms with E-state index in [0.717, 1.165) is 10.4 Å². The molecule has 0 spiro atoms. The van der Waals surface area contributed by atoms with Gasteiger partial charge in [-0.15, -0.1) is 11.3 Å². The number of rotatable bonds is 6. The van der Waals surface area contributed by atoms with E-state index in [-0.39, 0.29) is 32.4 Å². The van der Waals surface area contributed by atoms with Crippen molar-refractivity contribution in [1.82, 2.24) is 0 Å². The van der Waals surface area contributed by atoms with Crippen molar-refractivity contribution in [2.24, 2.45) is 11.8 Å². The maximum Gasteiger partial charge on any atom is 0.309 e. The fourth-order valence-corrected chi connectivity index (χ4v) is 7.93. The van der Waals surface area contributed by atoms with Crippen molar-refractivity contribution in [1.29, 1.82) is 0 Å². The highest BCUT2D eigenvalue weighted by Crippen LogP contribution is 2.55. The van der Waals surface area contributed by atoms with Gasteiger partial charge in [-0.3, -0.25) is 4.79 Å². The zero-order chi connectivity index (χ0) is 32.4. The first-order valence-electron chi connectivity index (χ1n) is 15.3. The number of benzene rings is 2. The first kappa shape index (κ1) is 30.7. The van der Waals surface area contributed by atoms with Crippen LogP contribution in [0.1, 0.15) is 28.4 Å². The van der Waals surface area contributed by atoms with Gasteiger partial charge in [0.05, 0.1) is 51.4 Å². The van der Waals surface area contributed by atoms with Crippen LogP contribution < -0.4 is 23.7 Å². The van der Waals surface area contributed by atoms with Gasteiger partial charge in [0, 0.05) is 11.5 Å². The topological polar surface area (TPSA) is 150 Å². The predicted molar refractivity (Wildman–Crippen MR) is 162 cm³/mol. The molecule has 0 radical (unpaired) electrons. The molecule has 250 valence electrons. The quantitative estimate of drug-likeness (QED) is 0.370. The standard InChI is InChI=1S/C33H34O13S/c1-37-21-8-14-7-17-18(11-40-31(17)36)27(16-10-20-19(42-13-43-20)9-15(16)24(14)30(39-3)29(21)38-2)45-33-26(35)25(34)28-22(44-33)12-41-32(46-28)23-5-4-6-47-23/h4-6,8-10,17-18,22,25-28,32-35H,7,11-13H2,1-3H3/t17-,18+,22+,25-,26+,27+,28-,32-,33+/m1/s1. The highest BCUT2D eigenvalue weighted by molar-refractivity contribution is 7.10. The van der Waals surface area contributed by atoms with Gasteiger partial charge in [-0.1, -0.05) is 6.07 Å². The molecule has 8 rings (SSSR count). The molecule has 1 aliphatic carbocycles. The summed E-state index contributed by atoms with van der Waals surface area (Å²) in [5.41, 5.74) is 2.73. The number of carbonyl (C=O) groups excluding carboxylic acids is 1. The van der Waals surface area contributed by atoms with Crippen LogP contribution in [0.5, 0.6) is 28.7 Å². The Morgan fingerprint density at radius 3 is 2.47 bits per heavy atom. The Hall–Kier alpha value is -3.63. The predicted octanol–water partition coefficient (Wildman–Crippen LogP) is 3.13. The van der Waals surface area contributed by atoms with Gasteiger partial charge in [0.25, 0.3) is 0 Å². The molecule has 47 heavy (non-hydrogen) atoms. The molecule has 5 heterocycles. The highest BCUT2D eigenvalue weighted by atomic mass is 32.1. The number of thiophene rings is 1. The normalized spacial score (nSPS) is 32.2. The Bertz CT molecular complexity index is 1660. The van der Waals surface area contributed by atoms with Gasteiger partial charge in [-0.25, -0.2) is 0 Å². The van der Waals surface area contributed by atoms with Gasteiger partial charge < -0.3 is 57.6 Å². The second kappa shape index (κ2) is 12.1. The van der Waals surface area contributed by atoms with E-state index < -0.39 is 54.9 Å². The second-order valence-electron chi connectivity index (χ2n) is 11.9. The van der Waals surface area contributed by atoms with Gasteiger partial charge >= 0.3 is 5.97 Å². The molecule has 14 heteroatoms. The number of carbonyl (C=O) groups is 1. The second-order valence-corrected chi connectivity index (χ2v) is 12.9. The Balaban J connectivity index is 1.21. The van der Waals surface area contributed by atoms with Crippen molar-refractivity contribution >= 4 is 17.3 Å². The number of esters is 1. The van der Waals surface area contributed by atoms with Crippen molar-refractivity contribution in [3.63, 3.8) is 0 Å². The summed E-state index contributed by atoms with van der Waals surface area (Å²) in [5.74, 6) is 0.709. The van der Waals surface area contributed by atoms with Crippen molar-refractivity contribution in [3.8, 4) is 39.9 Å². The molecule has 13 nitrogen and oxygen atoms in total. The van der Waals surface area contributed by atoms with Gasteiger partial charge in [0.1, 0.15) is 24.4 Å². The number of hydrogen-bond donors (Lipinski definition) is 2. The summed E-state index contributed by atoms with van der Waals surface area (Å²) in [6, 6.07) is 9.25. The molecular weight excluding hydrogens is 636 g/mol. The smallest absolute Gasteiger partial charge is 0.309 e. The number of methoxy groups -OCH3 is 3. The van der Waals surface area contributed by atoms with Crippen LogP contribution in [-0.2, 0) is 34.9 Å². The first-order valence-corrected chi connectivity index (χ1v) is 16.2. The number of cyclic esters (lactones) is 1. The Morgan fingerprint density at radius 2 is 1.72 bits per heavy atom. The number of aliphatic hydroxyl groups is 2. The Kier molecular flexibility index (Phi) is 7.91. The molecule has 0 saturated carbocycles. The van der Waals surface area contributed by atoms with Crippen molar-refractivity contribution in [2.45, 2.75) is 49.5 Å². The minimum atomic E-state index is -1.48. The maximum atomic E-state index is 13.3. The average molecular weight is 671 g/mol. The molecule has 1 aromatic heterocycles. The Morgan fingerprint density at radius 1 is 0.915 bits per heavy atom. The van der Waals surface area contributed by atoms with E-state index >= 15 is 0 Å². The van der Waals surface area contributed by atoms with Gasteiger partial charge in [0.15, 0.2) is 35.6 Å². The highest BCUT2D eigenvalue weighted by Gasteiger charge is 2.53. The third-order valence-corrected chi connectivity index (χ3v) is 10.4. The molecule has 3 aromatic rings. The third-order valence-electron chi connectivity index (χ3n) is 9.49. The van der Waals surface area contributed by atoms with Crippen molar-refractivity contribution in [2.75, 3.05) is 41.3 Å². The van der Waals surface area contributed by atoms with E-state index in [9.17, 15) is 15.0 Å². The van der Waals surface area contributed by atoms with Crippen LogP contribution in [0.2, 0.25) is 0 Å². The Labute approximate surface area is 273 Å². The zero-order valence-corrected chi connectivity index (χ0v) is 26.6. The maximum absolute atomic E-state index is 13.3. The first-order chi connectivity index (χ1) is 22.9. The molecule has 0 unspecified atom stereocenters. The van der Waals surface area contributed by atoms with Crippen LogP contribution in [0, 0.1) is 11.8 Å². The summed E-state index contributed by atoms with van der Waals surface area (Å²) in [7, 11) is 4.59. The third kappa shape index (κ3) is 5.01. The monoisotopic (exact) mass is 670 g/mol. The molecule has 0 bridgehead atoms. The molecule has 4 aliphatic heterocycles. The SMILES string of the molecule is COc1cc2c(c(OC)c1OC)-c1cc3c(cc1[C@H](O[C@@H]1O[C@H]4CO[C@@H](c5cccs5)O[C@H]4[C@H](O)[C@@H]1O)[C@H]1COC(=O)[C@@H]1C2)OCO3. The zero-order valence-electron chi connectivity index (χ0n) is 25.8. The number of fused-ring (bicyclic) bond motifs is 6. The minimum absolute atomic E-state index is 0.0273. The van der Waals surface area contributed by atoms with E-state index in [4.69, 9.17) is 47.4 Å². The minimum Gasteiger partial charge on any atom is -0.493 e. The summed E-state index contributed by atoms with van der Waals surface area (Å²) >= 11 is 1.47.